The van der Waals surface area contributed by atoms with Gasteiger partial charge in [0.25, 0.3) is 0 Å². The normalized spacial score (nSPS) is 27.6. The van der Waals surface area contributed by atoms with E-state index < -0.39 is 0 Å². The first kappa shape index (κ1) is 14.6. The molecule has 2 fully saturated rings. The van der Waals surface area contributed by atoms with Gasteiger partial charge in [-0.1, -0.05) is 18.9 Å². The van der Waals surface area contributed by atoms with Crippen molar-refractivity contribution in [2.45, 2.75) is 58.1 Å². The first-order valence-corrected chi connectivity index (χ1v) is 8.88. The Hall–Kier alpha value is -0.290. The van der Waals surface area contributed by atoms with Crippen molar-refractivity contribution in [3.63, 3.8) is 0 Å². The zero-order chi connectivity index (χ0) is 14.2. The second kappa shape index (κ2) is 5.84. The number of benzene rings is 1. The molecule has 2 aliphatic rings. The summed E-state index contributed by atoms with van der Waals surface area (Å²) in [4.78, 5) is 0. The van der Waals surface area contributed by atoms with Gasteiger partial charge in [0.2, 0.25) is 0 Å². The molecule has 3 heteroatoms. The summed E-state index contributed by atoms with van der Waals surface area (Å²) in [5.74, 6) is 0. The molecular weight excluding hydrogens is 361 g/mol. The van der Waals surface area contributed by atoms with Gasteiger partial charge in [-0.15, -0.1) is 0 Å². The van der Waals surface area contributed by atoms with Gasteiger partial charge in [-0.25, -0.2) is 0 Å². The predicted molar refractivity (Wildman–Crippen MR) is 92.2 cm³/mol. The van der Waals surface area contributed by atoms with E-state index in [1.165, 1.54) is 40.5 Å². The van der Waals surface area contributed by atoms with E-state index in [0.29, 0.717) is 17.6 Å². The number of nitrogens with one attached hydrogen (secondary N) is 1. The average molecular weight is 385 g/mol. The van der Waals surface area contributed by atoms with Crippen molar-refractivity contribution in [2.75, 3.05) is 11.9 Å². The summed E-state index contributed by atoms with van der Waals surface area (Å²) in [7, 11) is 0. The molecule has 2 aliphatic carbocycles. The third-order valence-electron chi connectivity index (χ3n) is 5.20. The Balaban J connectivity index is 1.72. The lowest BCUT2D eigenvalue weighted by atomic mass is 9.60. The molecule has 0 bridgehead atoms. The van der Waals surface area contributed by atoms with Crippen LogP contribution in [0.2, 0.25) is 0 Å². The highest BCUT2D eigenvalue weighted by molar-refractivity contribution is 14.1. The van der Waals surface area contributed by atoms with Crippen LogP contribution >= 0.6 is 22.6 Å². The maximum atomic E-state index is 5.98. The van der Waals surface area contributed by atoms with E-state index in [1.807, 2.05) is 0 Å². The zero-order valence-electron chi connectivity index (χ0n) is 12.4. The number of hydrogen-bond acceptors (Lipinski definition) is 2. The van der Waals surface area contributed by atoms with E-state index in [9.17, 15) is 0 Å². The second-order valence-corrected chi connectivity index (χ2v) is 7.44. The molecule has 2 nitrogen and oxygen atoms in total. The third kappa shape index (κ3) is 2.47. The Labute approximate surface area is 135 Å². The van der Waals surface area contributed by atoms with Gasteiger partial charge < -0.3 is 10.1 Å². The standard InChI is InChI=1S/C17H24INO/c1-3-20-16-11-15(17(16)8-4-5-9-17)19-13-7-6-12(2)14(18)10-13/h6-7,10,15-16,19H,3-5,8-9,11H2,1-2H3. The van der Waals surface area contributed by atoms with Gasteiger partial charge in [0.1, 0.15) is 0 Å². The van der Waals surface area contributed by atoms with Crippen molar-refractivity contribution in [2.24, 2.45) is 5.41 Å². The van der Waals surface area contributed by atoms with E-state index in [4.69, 9.17) is 4.74 Å². The number of anilines is 1. The van der Waals surface area contributed by atoms with Crippen LogP contribution in [-0.4, -0.2) is 18.8 Å². The molecule has 0 heterocycles. The molecule has 0 aliphatic heterocycles. The molecule has 110 valence electrons. The van der Waals surface area contributed by atoms with E-state index >= 15 is 0 Å². The summed E-state index contributed by atoms with van der Waals surface area (Å²) in [6.07, 6.45) is 7.05. The van der Waals surface area contributed by atoms with Gasteiger partial charge >= 0.3 is 0 Å². The first-order valence-electron chi connectivity index (χ1n) is 7.80. The molecule has 0 amide bonds. The van der Waals surface area contributed by atoms with Crippen LogP contribution < -0.4 is 5.32 Å². The van der Waals surface area contributed by atoms with Crippen molar-refractivity contribution in [1.29, 1.82) is 0 Å². The topological polar surface area (TPSA) is 21.3 Å². The summed E-state index contributed by atoms with van der Waals surface area (Å²) >= 11 is 2.42. The molecule has 0 aromatic heterocycles. The summed E-state index contributed by atoms with van der Waals surface area (Å²) in [6, 6.07) is 7.30. The van der Waals surface area contributed by atoms with Crippen LogP contribution in [0.3, 0.4) is 0 Å². The molecule has 20 heavy (non-hydrogen) atoms. The van der Waals surface area contributed by atoms with Gasteiger partial charge in [-0.2, -0.15) is 0 Å². The number of halogens is 1. The average Bonchev–Trinajstić information content (AvgIpc) is 2.94. The molecule has 2 unspecified atom stereocenters. The Morgan fingerprint density at radius 2 is 2.10 bits per heavy atom. The van der Waals surface area contributed by atoms with Crippen LogP contribution in [0.15, 0.2) is 18.2 Å². The maximum Gasteiger partial charge on any atom is 0.0670 e. The fourth-order valence-electron chi connectivity index (χ4n) is 3.97. The first-order chi connectivity index (χ1) is 9.65. The maximum absolute atomic E-state index is 5.98. The number of aryl methyl sites for hydroxylation is 1. The van der Waals surface area contributed by atoms with E-state index in [1.54, 1.807) is 0 Å². The SMILES string of the molecule is CCOC1CC(Nc2ccc(C)c(I)c2)C12CCCC2. The van der Waals surface area contributed by atoms with Crippen molar-refractivity contribution in [3.8, 4) is 0 Å². The Morgan fingerprint density at radius 3 is 2.75 bits per heavy atom. The van der Waals surface area contributed by atoms with Crippen LogP contribution in [0.25, 0.3) is 0 Å². The predicted octanol–water partition coefficient (Wildman–Crippen LogP) is 4.75. The molecule has 1 aromatic rings. The van der Waals surface area contributed by atoms with Gasteiger partial charge in [0.05, 0.1) is 6.10 Å². The monoisotopic (exact) mass is 385 g/mol. The van der Waals surface area contributed by atoms with Crippen LogP contribution in [0.4, 0.5) is 5.69 Å². The molecule has 2 saturated carbocycles. The van der Waals surface area contributed by atoms with Gasteiger partial charge in [0.15, 0.2) is 0 Å². The molecule has 0 radical (unpaired) electrons. The second-order valence-electron chi connectivity index (χ2n) is 6.28. The quantitative estimate of drug-likeness (QED) is 0.756. The smallest absolute Gasteiger partial charge is 0.0670 e. The fourth-order valence-corrected chi connectivity index (χ4v) is 4.49. The molecule has 1 aromatic carbocycles. The van der Waals surface area contributed by atoms with Crippen LogP contribution in [-0.2, 0) is 4.74 Å². The highest BCUT2D eigenvalue weighted by Crippen LogP contribution is 2.55. The number of hydrogen-bond donors (Lipinski definition) is 1. The highest BCUT2D eigenvalue weighted by atomic mass is 127. The van der Waals surface area contributed by atoms with Crippen molar-refractivity contribution in [3.05, 3.63) is 27.3 Å². The molecular formula is C17H24INO. The Bertz CT molecular complexity index is 482. The summed E-state index contributed by atoms with van der Waals surface area (Å²) in [5, 5.41) is 3.78. The number of ether oxygens (including phenoxy) is 1. The lowest BCUT2D eigenvalue weighted by molar-refractivity contribution is -0.114. The molecule has 3 rings (SSSR count). The van der Waals surface area contributed by atoms with Crippen molar-refractivity contribution in [1.82, 2.24) is 0 Å². The summed E-state index contributed by atoms with van der Waals surface area (Å²) in [6.45, 7) is 5.13. The van der Waals surface area contributed by atoms with E-state index in [-0.39, 0.29) is 0 Å². The van der Waals surface area contributed by atoms with Crippen molar-refractivity contribution < 1.29 is 4.74 Å². The van der Waals surface area contributed by atoms with Crippen LogP contribution in [0, 0.1) is 15.9 Å². The van der Waals surface area contributed by atoms with Gasteiger partial charge in [-0.3, -0.25) is 0 Å². The third-order valence-corrected chi connectivity index (χ3v) is 6.36. The summed E-state index contributed by atoms with van der Waals surface area (Å²) in [5.41, 5.74) is 3.03. The molecule has 1 spiro atoms. The lowest BCUT2D eigenvalue weighted by Gasteiger charge is -2.54. The highest BCUT2D eigenvalue weighted by Gasteiger charge is 2.56. The summed E-state index contributed by atoms with van der Waals surface area (Å²) < 4.78 is 7.33. The van der Waals surface area contributed by atoms with E-state index in [0.717, 1.165) is 13.0 Å². The van der Waals surface area contributed by atoms with E-state index in [2.05, 4.69) is 60.0 Å². The Morgan fingerprint density at radius 1 is 1.35 bits per heavy atom. The van der Waals surface area contributed by atoms with Gasteiger partial charge in [-0.05, 0) is 73.4 Å². The minimum atomic E-state index is 0.409. The Kier molecular flexibility index (Phi) is 4.27. The molecule has 1 N–H and O–H groups in total. The molecule has 0 saturated heterocycles. The minimum Gasteiger partial charge on any atom is -0.382 e. The fraction of sp³-hybridized carbons (Fsp3) is 0.647. The van der Waals surface area contributed by atoms with Crippen molar-refractivity contribution >= 4 is 28.3 Å². The van der Waals surface area contributed by atoms with Crippen LogP contribution in [0.5, 0.6) is 0 Å². The number of rotatable bonds is 4. The van der Waals surface area contributed by atoms with Gasteiger partial charge in [0, 0.05) is 27.3 Å². The molecule has 2 atom stereocenters. The minimum absolute atomic E-state index is 0.409. The largest absolute Gasteiger partial charge is 0.382 e. The lowest BCUT2D eigenvalue weighted by Crippen LogP contribution is -2.60. The van der Waals surface area contributed by atoms with Crippen LogP contribution in [0.1, 0.15) is 44.6 Å². The zero-order valence-corrected chi connectivity index (χ0v) is 14.6.